The molecule has 0 amide bonds. The zero-order valence-corrected chi connectivity index (χ0v) is 15.3. The van der Waals surface area contributed by atoms with E-state index in [0.29, 0.717) is 0 Å². The molecular formula is C8H14N16O8. The van der Waals surface area contributed by atoms with Gasteiger partial charge < -0.3 is 30.4 Å². The maximum atomic E-state index is 10.9. The van der Waals surface area contributed by atoms with E-state index in [1.807, 2.05) is 10.2 Å². The first kappa shape index (κ1) is 26.2. The fraction of sp³-hybridized carbons (Fsp3) is 0. The van der Waals surface area contributed by atoms with Crippen LogP contribution in [0.2, 0.25) is 0 Å². The molecule has 32 heavy (non-hydrogen) atoms. The summed E-state index contributed by atoms with van der Waals surface area (Å²) in [7, 11) is 0. The summed E-state index contributed by atoms with van der Waals surface area (Å²) in [4.78, 5) is 38.0. The molecule has 0 unspecified atom stereocenters. The van der Waals surface area contributed by atoms with E-state index < -0.39 is 54.1 Å². The summed E-state index contributed by atoms with van der Waals surface area (Å²) in [5.41, 5.74) is 14.5. The third-order valence-electron chi connectivity index (χ3n) is 2.63. The fourth-order valence-electron chi connectivity index (χ4n) is 1.50. The predicted octanol–water partition coefficient (Wildman–Crippen LogP) is -7.88. The molecule has 0 saturated heterocycles. The van der Waals surface area contributed by atoms with Gasteiger partial charge in [0.1, 0.15) is 0 Å². The smallest absolute Gasteiger partial charge is 0.426 e. The van der Waals surface area contributed by atoms with Crippen molar-refractivity contribution < 1.29 is 29.9 Å². The Morgan fingerprint density at radius 1 is 0.656 bits per heavy atom. The fourth-order valence-corrected chi connectivity index (χ4v) is 1.50. The van der Waals surface area contributed by atoms with Crippen LogP contribution < -0.4 is 55.0 Å². The summed E-state index contributed by atoms with van der Waals surface area (Å²) in [6, 6.07) is 0. The Labute approximate surface area is 172 Å². The zero-order valence-electron chi connectivity index (χ0n) is 15.3. The number of rotatable bonds is 5. The van der Waals surface area contributed by atoms with Crippen molar-refractivity contribution in [2.75, 3.05) is 0 Å². The van der Waals surface area contributed by atoms with Crippen LogP contribution in [0, 0.1) is 40.5 Å². The quantitative estimate of drug-likeness (QED) is 0.0671. The molecule has 0 aliphatic heterocycles. The van der Waals surface area contributed by atoms with Crippen LogP contribution in [-0.4, -0.2) is 41.8 Å². The van der Waals surface area contributed by atoms with Crippen molar-refractivity contribution in [1.29, 1.82) is 0 Å². The van der Waals surface area contributed by atoms with Crippen molar-refractivity contribution in [1.82, 2.24) is 20.4 Å². The number of hydrazone groups is 2. The highest BCUT2D eigenvalue weighted by molar-refractivity contribution is 5.80. The first-order valence-corrected chi connectivity index (χ1v) is 7.13. The maximum absolute atomic E-state index is 10.9. The van der Waals surface area contributed by atoms with E-state index in [9.17, 15) is 40.5 Å². The molecule has 2 heterocycles. The Bertz CT molecular complexity index is 974. The first-order chi connectivity index (χ1) is 14.8. The van der Waals surface area contributed by atoms with Gasteiger partial charge in [-0.3, -0.25) is 54.8 Å². The number of hydrazine groups is 2. The van der Waals surface area contributed by atoms with Gasteiger partial charge in [-0.2, -0.15) is 10.2 Å². The third kappa shape index (κ3) is 6.65. The molecule has 0 bridgehead atoms. The number of hydrogen-bond donors (Lipinski definition) is 8. The summed E-state index contributed by atoms with van der Waals surface area (Å²) in [5.74, 6) is 6.78. The van der Waals surface area contributed by atoms with Gasteiger partial charge in [0, 0.05) is 0 Å². The summed E-state index contributed by atoms with van der Waals surface area (Å²) in [6.45, 7) is 0. The number of nitrogens with zero attached hydrogens (tertiary/aromatic N) is 8. The van der Waals surface area contributed by atoms with Crippen LogP contribution >= 0.6 is 0 Å². The van der Waals surface area contributed by atoms with E-state index in [1.165, 1.54) is 0 Å². The van der Waals surface area contributed by atoms with Crippen molar-refractivity contribution in [2.24, 2.45) is 34.6 Å². The first-order valence-electron chi connectivity index (χ1n) is 7.13. The van der Waals surface area contributed by atoms with E-state index in [0.717, 1.165) is 0 Å². The summed E-state index contributed by atoms with van der Waals surface area (Å²) < 4.78 is 0. The molecule has 0 saturated carbocycles. The van der Waals surface area contributed by atoms with Crippen molar-refractivity contribution >= 4 is 34.9 Å². The van der Waals surface area contributed by atoms with Gasteiger partial charge in [-0.1, -0.05) is 0 Å². The standard InChI is InChI=1S/C6N8O8.2CH6N4/c15-11(16)3-1(7-9-5(3)13(19)20)2-4(12(17)18)6(10-8-2)14(21)22;2*2-1(3)5-4/h;2*4H2,(H4,2,3,5)/q-2;;/p+2. The average molecular weight is 462 g/mol. The minimum atomic E-state index is -1.28. The van der Waals surface area contributed by atoms with E-state index in [-0.39, 0.29) is 11.9 Å². The number of hydrogen-bond acceptors (Lipinski definition) is 12. The number of aromatic nitrogens is 4. The number of nitrogens with two attached hydrogens (primary N) is 6. The summed E-state index contributed by atoms with van der Waals surface area (Å²) in [5, 5.41) is 59.0. The van der Waals surface area contributed by atoms with Gasteiger partial charge in [-0.25, -0.2) is 0 Å². The van der Waals surface area contributed by atoms with Crippen LogP contribution in [0.4, 0.5) is 23.0 Å². The Kier molecular flexibility index (Phi) is 9.18. The predicted molar refractivity (Wildman–Crippen MR) is 97.8 cm³/mol. The molecule has 24 nitrogen and oxygen atoms in total. The lowest BCUT2D eigenvalue weighted by molar-refractivity contribution is -0.471. The van der Waals surface area contributed by atoms with E-state index in [4.69, 9.17) is 22.9 Å². The number of guanidine groups is 2. The highest BCUT2D eigenvalue weighted by atomic mass is 16.6. The lowest BCUT2D eigenvalue weighted by Gasteiger charge is -2.03. The Balaban J connectivity index is 0.000000805. The summed E-state index contributed by atoms with van der Waals surface area (Å²) >= 11 is 0. The Morgan fingerprint density at radius 3 is 1.06 bits per heavy atom. The molecule has 0 atom stereocenters. The highest BCUT2D eigenvalue weighted by Gasteiger charge is 2.34. The lowest BCUT2D eigenvalue weighted by Crippen LogP contribution is -2.84. The number of nitro groups is 4. The van der Waals surface area contributed by atoms with E-state index in [2.05, 4.69) is 32.1 Å². The monoisotopic (exact) mass is 462 g/mol. The van der Waals surface area contributed by atoms with Crippen LogP contribution in [0.25, 0.3) is 11.4 Å². The molecule has 0 aliphatic carbocycles. The topological polar surface area (TPSA) is 411 Å². The van der Waals surface area contributed by atoms with Gasteiger partial charge in [0.15, 0.2) is 0 Å². The Morgan fingerprint density at radius 2 is 0.906 bits per heavy atom. The molecule has 174 valence electrons. The molecule has 0 aromatic carbocycles. The highest BCUT2D eigenvalue weighted by Crippen LogP contribution is 2.40. The molecule has 0 radical (unpaired) electrons. The normalized spacial score (nSPS) is 9.12. The van der Waals surface area contributed by atoms with Crippen LogP contribution in [-0.2, 0) is 0 Å². The van der Waals surface area contributed by atoms with Crippen LogP contribution in [0.1, 0.15) is 0 Å². The van der Waals surface area contributed by atoms with Crippen molar-refractivity contribution in [2.45, 2.75) is 0 Å². The van der Waals surface area contributed by atoms with Crippen molar-refractivity contribution in [3.8, 4) is 11.4 Å². The lowest BCUT2D eigenvalue weighted by atomic mass is 10.2. The molecule has 0 spiro atoms. The molecule has 2 rings (SSSR count). The van der Waals surface area contributed by atoms with E-state index in [1.54, 1.807) is 0 Å². The molecule has 0 fully saturated rings. The number of nitrogens with one attached hydrogen (secondary N) is 2. The molecule has 2 aromatic rings. The van der Waals surface area contributed by atoms with Crippen LogP contribution in [0.3, 0.4) is 0 Å². The molecule has 24 heteroatoms. The van der Waals surface area contributed by atoms with Crippen molar-refractivity contribution in [3.63, 3.8) is 0 Å². The van der Waals surface area contributed by atoms with Crippen LogP contribution in [0.5, 0.6) is 0 Å². The van der Waals surface area contributed by atoms with Gasteiger partial charge in [0.25, 0.3) is 0 Å². The SMILES string of the molecule is N[NH+]=C(N)N.N[NH+]=C(N)N.O=[N+]([O-])c1n[n-]c(-c2[n-]nc([N+](=O)[O-])c2[N+](=O)[O-])c1[N+](=O)[O-]. The molecular weight excluding hydrogens is 448 g/mol. The molecule has 14 N–H and O–H groups in total. The van der Waals surface area contributed by atoms with E-state index >= 15 is 0 Å². The average Bonchev–Trinajstić information content (AvgIpc) is 3.33. The molecule has 2 aromatic heterocycles. The van der Waals surface area contributed by atoms with Gasteiger partial charge in [-0.05, 0) is 21.2 Å². The minimum absolute atomic E-state index is 0.0324. The Hall–Kier alpha value is -5.84. The van der Waals surface area contributed by atoms with Gasteiger partial charge in [0.2, 0.25) is 0 Å². The van der Waals surface area contributed by atoms with Crippen molar-refractivity contribution in [3.05, 3.63) is 40.5 Å². The molecule has 0 aliphatic rings. The summed E-state index contributed by atoms with van der Waals surface area (Å²) in [6.07, 6.45) is 0. The third-order valence-corrected chi connectivity index (χ3v) is 2.63. The largest absolute Gasteiger partial charge is 0.449 e. The van der Waals surface area contributed by atoms with Gasteiger partial charge in [0.05, 0.1) is 9.85 Å². The maximum Gasteiger partial charge on any atom is 0.426 e. The second kappa shape index (κ2) is 11.2. The van der Waals surface area contributed by atoms with Crippen LogP contribution in [0.15, 0.2) is 0 Å². The van der Waals surface area contributed by atoms with Gasteiger partial charge in [-0.15, -0.1) is 10.2 Å². The second-order valence-electron chi connectivity index (χ2n) is 4.67. The second-order valence-corrected chi connectivity index (χ2v) is 4.67. The minimum Gasteiger partial charge on any atom is -0.449 e. The van der Waals surface area contributed by atoms with Gasteiger partial charge >= 0.3 is 34.9 Å². The zero-order chi connectivity index (χ0) is 25.2.